The molecular formula is C68H41N5S. The molecule has 0 saturated carbocycles. The number of benzene rings is 11. The summed E-state index contributed by atoms with van der Waals surface area (Å²) < 4.78 is 8.23. The molecule has 5 heterocycles. The average molecular weight is 960 g/mol. The fourth-order valence-electron chi connectivity index (χ4n) is 11.9. The van der Waals surface area contributed by atoms with Crippen LogP contribution in [0.3, 0.4) is 0 Å². The van der Waals surface area contributed by atoms with Crippen molar-refractivity contribution in [3.05, 3.63) is 249 Å². The van der Waals surface area contributed by atoms with Gasteiger partial charge >= 0.3 is 0 Å². The molecule has 0 atom stereocenters. The third kappa shape index (κ3) is 6.09. The van der Waals surface area contributed by atoms with Crippen molar-refractivity contribution in [2.24, 2.45) is 0 Å². The first-order chi connectivity index (χ1) is 36.7. The first-order valence-electron chi connectivity index (χ1n) is 25.1. The maximum absolute atomic E-state index is 5.80. The number of hydrogen-bond acceptors (Lipinski definition) is 3. The van der Waals surface area contributed by atoms with Gasteiger partial charge in [0.2, 0.25) is 5.95 Å². The van der Waals surface area contributed by atoms with Crippen LogP contribution in [0.5, 0.6) is 0 Å². The zero-order valence-electron chi connectivity index (χ0n) is 39.8. The van der Waals surface area contributed by atoms with Gasteiger partial charge in [0.25, 0.3) is 0 Å². The zero-order chi connectivity index (χ0) is 48.4. The van der Waals surface area contributed by atoms with E-state index in [1.54, 1.807) is 0 Å². The molecule has 0 saturated heterocycles. The van der Waals surface area contributed by atoms with Crippen LogP contribution < -0.4 is 0 Å². The van der Waals surface area contributed by atoms with Gasteiger partial charge in [-0.3, -0.25) is 4.57 Å². The van der Waals surface area contributed by atoms with Gasteiger partial charge in [-0.2, -0.15) is 0 Å². The molecule has 0 amide bonds. The van der Waals surface area contributed by atoms with Crippen LogP contribution in [-0.4, -0.2) is 23.7 Å². The minimum Gasteiger partial charge on any atom is -0.309 e. The normalized spacial score (nSPS) is 12.1. The molecule has 0 fully saturated rings. The number of rotatable bonds is 6. The van der Waals surface area contributed by atoms with Crippen molar-refractivity contribution in [1.29, 1.82) is 0 Å². The van der Waals surface area contributed by atoms with Crippen LogP contribution >= 0.6 is 11.3 Å². The Morgan fingerprint density at radius 3 is 1.46 bits per heavy atom. The van der Waals surface area contributed by atoms with Gasteiger partial charge in [-0.25, -0.2) is 9.97 Å². The molecule has 11 aromatic carbocycles. The summed E-state index contributed by atoms with van der Waals surface area (Å²) in [6.45, 7) is 0. The van der Waals surface area contributed by atoms with Gasteiger partial charge in [-0.15, -0.1) is 11.3 Å². The standard InChI is InChI=1S/C68H41N5S/c1-4-17-43(18-5-1)63-41-47-28-33-56-65(67(47)74-63)66(46-32-36-60-54(40-46)52-25-13-15-27-58(52)72(60)49-21-8-3-9-22-49)70-68(69-56)73-61-35-31-45(39-55(61)64-50-23-11-10-16-42(50)29-37-62(64)73)44-30-34-59-53(38-44)51-24-12-14-26-57(51)71(59)48-19-6-2-7-20-48/h1-41H. The van der Waals surface area contributed by atoms with E-state index in [-0.39, 0.29) is 0 Å². The first kappa shape index (κ1) is 41.0. The Kier molecular flexibility index (Phi) is 8.84. The molecule has 0 aliphatic heterocycles. The third-order valence-electron chi connectivity index (χ3n) is 15.2. The summed E-state index contributed by atoms with van der Waals surface area (Å²) in [7, 11) is 0. The monoisotopic (exact) mass is 959 g/mol. The van der Waals surface area contributed by atoms with Crippen molar-refractivity contribution >= 4 is 109 Å². The summed E-state index contributed by atoms with van der Waals surface area (Å²) in [5.41, 5.74) is 15.5. The maximum atomic E-state index is 5.80. The molecule has 6 heteroatoms. The summed E-state index contributed by atoms with van der Waals surface area (Å²) in [5, 5.41) is 11.8. The number of aromatic nitrogens is 5. The highest BCUT2D eigenvalue weighted by Gasteiger charge is 2.23. The Bertz CT molecular complexity index is 4950. The SMILES string of the molecule is c1ccc(-c2cc3ccc4nc(-n5c6ccc(-c7ccc8c(c7)c7ccccc7n8-c7ccccc7)cc6c6c7ccccc7ccc65)nc(-c5ccc6c(c5)c5ccccc5n6-c5ccccc5)c4c3s2)cc1. The van der Waals surface area contributed by atoms with Crippen molar-refractivity contribution in [3.8, 4) is 50.1 Å². The molecule has 0 unspecified atom stereocenters. The van der Waals surface area contributed by atoms with E-state index in [4.69, 9.17) is 9.97 Å². The number of fused-ring (bicyclic) bond motifs is 14. The van der Waals surface area contributed by atoms with Crippen LogP contribution in [0.25, 0.3) is 147 Å². The highest BCUT2D eigenvalue weighted by atomic mass is 32.1. The summed E-state index contributed by atoms with van der Waals surface area (Å²) in [6, 6.07) is 90.3. The van der Waals surface area contributed by atoms with Crippen molar-refractivity contribution in [2.75, 3.05) is 0 Å². The lowest BCUT2D eigenvalue weighted by molar-refractivity contribution is 1.01. The fraction of sp³-hybridized carbons (Fsp3) is 0. The molecule has 16 aromatic rings. The average Bonchev–Trinajstić information content (AvgIpc) is 4.27. The lowest BCUT2D eigenvalue weighted by Gasteiger charge is -2.13. The van der Waals surface area contributed by atoms with Crippen molar-refractivity contribution in [2.45, 2.75) is 0 Å². The van der Waals surface area contributed by atoms with Crippen LogP contribution in [0, 0.1) is 0 Å². The number of nitrogens with zero attached hydrogens (tertiary/aromatic N) is 5. The van der Waals surface area contributed by atoms with Gasteiger partial charge in [0.05, 0.1) is 44.3 Å². The molecule has 0 bridgehead atoms. The second-order valence-corrected chi connectivity index (χ2v) is 20.4. The highest BCUT2D eigenvalue weighted by Crippen LogP contribution is 2.45. The lowest BCUT2D eigenvalue weighted by Crippen LogP contribution is -2.03. The molecule has 16 rings (SSSR count). The molecule has 74 heavy (non-hydrogen) atoms. The van der Waals surface area contributed by atoms with Crippen LogP contribution in [0.2, 0.25) is 0 Å². The molecule has 5 aromatic heterocycles. The summed E-state index contributed by atoms with van der Waals surface area (Å²) in [4.78, 5) is 12.6. The van der Waals surface area contributed by atoms with Gasteiger partial charge in [0, 0.05) is 64.2 Å². The second-order valence-electron chi connectivity index (χ2n) is 19.3. The van der Waals surface area contributed by atoms with E-state index in [1.807, 2.05) is 11.3 Å². The smallest absolute Gasteiger partial charge is 0.235 e. The van der Waals surface area contributed by atoms with Crippen molar-refractivity contribution < 1.29 is 0 Å². The molecule has 0 aliphatic rings. The van der Waals surface area contributed by atoms with E-state index in [9.17, 15) is 0 Å². The van der Waals surface area contributed by atoms with Crippen LogP contribution in [0.15, 0.2) is 249 Å². The Balaban J connectivity index is 0.949. The predicted molar refractivity (Wildman–Crippen MR) is 312 cm³/mol. The molecule has 0 N–H and O–H groups in total. The van der Waals surface area contributed by atoms with Crippen LogP contribution in [0.1, 0.15) is 0 Å². The maximum Gasteiger partial charge on any atom is 0.235 e. The molecule has 5 nitrogen and oxygen atoms in total. The van der Waals surface area contributed by atoms with Gasteiger partial charge in [0.1, 0.15) is 0 Å². The largest absolute Gasteiger partial charge is 0.309 e. The lowest BCUT2D eigenvalue weighted by atomic mass is 9.99. The van der Waals surface area contributed by atoms with Gasteiger partial charge in [0.15, 0.2) is 0 Å². The van der Waals surface area contributed by atoms with E-state index in [0.29, 0.717) is 5.95 Å². The Morgan fingerprint density at radius 2 is 0.797 bits per heavy atom. The Morgan fingerprint density at radius 1 is 0.297 bits per heavy atom. The van der Waals surface area contributed by atoms with Gasteiger partial charge < -0.3 is 9.13 Å². The van der Waals surface area contributed by atoms with E-state index in [0.717, 1.165) is 61.0 Å². The van der Waals surface area contributed by atoms with Crippen LogP contribution in [-0.2, 0) is 0 Å². The summed E-state index contributed by atoms with van der Waals surface area (Å²) in [5.74, 6) is 0.636. The van der Waals surface area contributed by atoms with Crippen molar-refractivity contribution in [3.63, 3.8) is 0 Å². The van der Waals surface area contributed by atoms with E-state index >= 15 is 0 Å². The Hall–Kier alpha value is -9.62. The minimum absolute atomic E-state index is 0.636. The van der Waals surface area contributed by atoms with Crippen molar-refractivity contribution in [1.82, 2.24) is 23.7 Å². The summed E-state index contributed by atoms with van der Waals surface area (Å²) in [6.07, 6.45) is 0. The molecule has 0 aliphatic carbocycles. The second kappa shape index (κ2) is 15.9. The first-order valence-corrected chi connectivity index (χ1v) is 26.0. The van der Waals surface area contributed by atoms with Crippen LogP contribution in [0.4, 0.5) is 0 Å². The molecular weight excluding hydrogens is 919 g/mol. The highest BCUT2D eigenvalue weighted by molar-refractivity contribution is 7.23. The van der Waals surface area contributed by atoms with E-state index in [2.05, 4.69) is 262 Å². The molecule has 344 valence electrons. The number of para-hydroxylation sites is 4. The number of thiophene rings is 1. The zero-order valence-corrected chi connectivity index (χ0v) is 40.6. The number of hydrogen-bond donors (Lipinski definition) is 0. The molecule has 0 spiro atoms. The van der Waals surface area contributed by atoms with E-state index < -0.39 is 0 Å². The predicted octanol–water partition coefficient (Wildman–Crippen LogP) is 18.3. The third-order valence-corrected chi connectivity index (χ3v) is 16.4. The molecule has 0 radical (unpaired) electrons. The quantitative estimate of drug-likeness (QED) is 0.167. The van der Waals surface area contributed by atoms with E-state index in [1.165, 1.54) is 80.3 Å². The minimum atomic E-state index is 0.636. The Labute approximate surface area is 428 Å². The van der Waals surface area contributed by atoms with Gasteiger partial charge in [-0.05, 0) is 124 Å². The fourth-order valence-corrected chi connectivity index (χ4v) is 13.1. The topological polar surface area (TPSA) is 40.6 Å². The summed E-state index contributed by atoms with van der Waals surface area (Å²) >= 11 is 1.81. The van der Waals surface area contributed by atoms with Gasteiger partial charge in [-0.1, -0.05) is 158 Å².